The van der Waals surface area contributed by atoms with Crippen LogP contribution in [0, 0.1) is 5.92 Å². The number of benzene rings is 3. The van der Waals surface area contributed by atoms with E-state index in [4.69, 9.17) is 23.7 Å². The number of likely N-dealkylation sites (tertiary alicyclic amines) is 1. The molecule has 2 aliphatic rings. The quantitative estimate of drug-likeness (QED) is 0.179. The van der Waals surface area contributed by atoms with Crippen LogP contribution in [0.15, 0.2) is 60.7 Å². The van der Waals surface area contributed by atoms with Crippen molar-refractivity contribution >= 4 is 17.6 Å². The largest absolute Gasteiger partial charge is 0.493 e. The number of carbonyl (C=O) groups is 3. The van der Waals surface area contributed by atoms with Crippen LogP contribution in [-0.2, 0) is 22.4 Å². The predicted molar refractivity (Wildman–Crippen MR) is 177 cm³/mol. The number of amides is 2. The van der Waals surface area contributed by atoms with E-state index in [-0.39, 0.29) is 34.9 Å². The summed E-state index contributed by atoms with van der Waals surface area (Å²) in [6.45, 7) is 0.960. The van der Waals surface area contributed by atoms with Crippen LogP contribution in [0.25, 0.3) is 0 Å². The fraction of sp³-hybridized carbons (Fsp3) is 0.432. The highest BCUT2D eigenvalue weighted by molar-refractivity contribution is 6.43. The Labute approximate surface area is 276 Å². The molecule has 0 saturated carbocycles. The molecular formula is C37H44N2O8. The molecule has 3 unspecified atom stereocenters. The van der Waals surface area contributed by atoms with Gasteiger partial charge in [0.2, 0.25) is 11.7 Å². The van der Waals surface area contributed by atoms with Crippen molar-refractivity contribution in [1.29, 1.82) is 0 Å². The second-order valence-electron chi connectivity index (χ2n) is 12.1. The molecule has 5 rings (SSSR count). The van der Waals surface area contributed by atoms with E-state index in [1.165, 1.54) is 43.9 Å². The van der Waals surface area contributed by atoms with Crippen LogP contribution >= 0.6 is 0 Å². The first-order valence-corrected chi connectivity index (χ1v) is 16.0. The van der Waals surface area contributed by atoms with E-state index in [2.05, 4.69) is 12.1 Å². The van der Waals surface area contributed by atoms with E-state index in [0.29, 0.717) is 36.8 Å². The maximum atomic E-state index is 14.0. The molecule has 2 fully saturated rings. The minimum atomic E-state index is -0.709. The van der Waals surface area contributed by atoms with Crippen molar-refractivity contribution in [3.63, 3.8) is 0 Å². The van der Waals surface area contributed by atoms with Gasteiger partial charge in [0.15, 0.2) is 23.0 Å². The van der Waals surface area contributed by atoms with E-state index in [1.807, 2.05) is 41.3 Å². The topological polar surface area (TPSA) is 104 Å². The van der Waals surface area contributed by atoms with Gasteiger partial charge < -0.3 is 33.5 Å². The van der Waals surface area contributed by atoms with Gasteiger partial charge >= 0.3 is 0 Å². The van der Waals surface area contributed by atoms with Crippen LogP contribution in [0.4, 0.5) is 0 Å². The van der Waals surface area contributed by atoms with Gasteiger partial charge in [0.05, 0.1) is 41.6 Å². The molecule has 10 nitrogen and oxygen atoms in total. The summed E-state index contributed by atoms with van der Waals surface area (Å²) in [4.78, 5) is 44.9. The van der Waals surface area contributed by atoms with Gasteiger partial charge in [-0.15, -0.1) is 0 Å². The number of hydrogen-bond donors (Lipinski definition) is 0. The first-order valence-electron chi connectivity index (χ1n) is 16.0. The Hall–Kier alpha value is -4.73. The van der Waals surface area contributed by atoms with Gasteiger partial charge in [-0.3, -0.25) is 14.4 Å². The molecule has 0 aliphatic carbocycles. The molecule has 2 bridgehead atoms. The maximum Gasteiger partial charge on any atom is 0.295 e. The molecule has 0 spiro atoms. The summed E-state index contributed by atoms with van der Waals surface area (Å²) in [5, 5.41) is 0. The fourth-order valence-corrected chi connectivity index (χ4v) is 6.91. The molecule has 10 heteroatoms. The predicted octanol–water partition coefficient (Wildman–Crippen LogP) is 5.00. The standard InChI is InChI=1S/C37H44N2O8/c1-43-30-17-16-25(19-31(30)44-2)14-15-26(18-24-10-7-6-8-11-24)22-38-23-28-12-9-13-29(36(38)41)39(28)37(42)34(40)27-20-32(45-3)35(47-5)33(21-27)46-4/h6-8,10-11,16-17,19-21,26,28-29H,9,12-15,18,22-23H2,1-5H3. The molecule has 2 aliphatic heterocycles. The summed E-state index contributed by atoms with van der Waals surface area (Å²) in [6.07, 6.45) is 4.55. The first-order chi connectivity index (χ1) is 22.8. The minimum Gasteiger partial charge on any atom is -0.493 e. The molecule has 2 heterocycles. The van der Waals surface area contributed by atoms with E-state index in [9.17, 15) is 14.4 Å². The normalized spacial score (nSPS) is 17.9. The summed E-state index contributed by atoms with van der Waals surface area (Å²) in [5.74, 6) is 0.948. The number of fused-ring (bicyclic) bond motifs is 2. The summed E-state index contributed by atoms with van der Waals surface area (Å²) >= 11 is 0. The van der Waals surface area contributed by atoms with Gasteiger partial charge in [-0.05, 0) is 79.8 Å². The van der Waals surface area contributed by atoms with Crippen LogP contribution in [-0.4, -0.2) is 88.1 Å². The van der Waals surface area contributed by atoms with Crippen molar-refractivity contribution in [1.82, 2.24) is 9.80 Å². The minimum absolute atomic E-state index is 0.101. The number of piperidine rings is 1. The monoisotopic (exact) mass is 644 g/mol. The first kappa shape index (κ1) is 33.6. The van der Waals surface area contributed by atoms with E-state index in [1.54, 1.807) is 14.2 Å². The Balaban J connectivity index is 1.34. The van der Waals surface area contributed by atoms with Crippen LogP contribution in [0.1, 0.15) is 47.2 Å². The van der Waals surface area contributed by atoms with Crippen molar-refractivity contribution in [3.8, 4) is 28.7 Å². The molecule has 0 N–H and O–H groups in total. The number of methoxy groups -OCH3 is 5. The maximum absolute atomic E-state index is 14.0. The van der Waals surface area contributed by atoms with Gasteiger partial charge in [0, 0.05) is 18.7 Å². The Morgan fingerprint density at radius 3 is 2.11 bits per heavy atom. The van der Waals surface area contributed by atoms with Gasteiger partial charge in [0.1, 0.15) is 6.04 Å². The molecule has 250 valence electrons. The van der Waals surface area contributed by atoms with Crippen LogP contribution in [0.3, 0.4) is 0 Å². The zero-order chi connectivity index (χ0) is 33.5. The lowest BCUT2D eigenvalue weighted by Crippen LogP contribution is -2.66. The Morgan fingerprint density at radius 2 is 1.47 bits per heavy atom. The number of hydrogen-bond acceptors (Lipinski definition) is 8. The Morgan fingerprint density at radius 1 is 0.787 bits per heavy atom. The van der Waals surface area contributed by atoms with Gasteiger partial charge in [-0.2, -0.15) is 0 Å². The lowest BCUT2D eigenvalue weighted by Gasteiger charge is -2.49. The van der Waals surface area contributed by atoms with Gasteiger partial charge in [0.25, 0.3) is 11.7 Å². The van der Waals surface area contributed by atoms with Crippen molar-refractivity contribution in [3.05, 3.63) is 77.4 Å². The van der Waals surface area contributed by atoms with E-state index in [0.717, 1.165) is 37.7 Å². The highest BCUT2D eigenvalue weighted by atomic mass is 16.5. The Kier molecular flexibility index (Phi) is 10.9. The third kappa shape index (κ3) is 7.32. The SMILES string of the molecule is COc1ccc(CCC(Cc2ccccc2)CN2CC3CCCC(C2=O)N3C(=O)C(=O)c2cc(OC)c(OC)c(OC)c2)cc1OC. The fourth-order valence-electron chi connectivity index (χ4n) is 6.91. The molecule has 0 radical (unpaired) electrons. The van der Waals surface area contributed by atoms with Gasteiger partial charge in [-0.1, -0.05) is 36.4 Å². The number of ether oxygens (including phenoxy) is 5. The number of carbonyl (C=O) groups excluding carboxylic acids is 3. The third-order valence-corrected chi connectivity index (χ3v) is 9.26. The molecule has 3 atom stereocenters. The second kappa shape index (κ2) is 15.2. The van der Waals surface area contributed by atoms with Crippen LogP contribution in [0.5, 0.6) is 28.7 Å². The molecule has 47 heavy (non-hydrogen) atoms. The number of rotatable bonds is 14. The Bertz CT molecular complexity index is 1550. The number of aryl methyl sites for hydroxylation is 1. The van der Waals surface area contributed by atoms with Gasteiger partial charge in [-0.25, -0.2) is 0 Å². The van der Waals surface area contributed by atoms with E-state index >= 15 is 0 Å². The molecular weight excluding hydrogens is 600 g/mol. The van der Waals surface area contributed by atoms with E-state index < -0.39 is 17.7 Å². The zero-order valence-electron chi connectivity index (χ0n) is 27.8. The molecule has 0 aromatic heterocycles. The van der Waals surface area contributed by atoms with Crippen molar-refractivity contribution < 1.29 is 38.1 Å². The molecule has 3 aromatic rings. The average molecular weight is 645 g/mol. The summed E-state index contributed by atoms with van der Waals surface area (Å²) in [6, 6.07) is 18.3. The zero-order valence-corrected chi connectivity index (χ0v) is 27.8. The summed E-state index contributed by atoms with van der Waals surface area (Å²) in [5.41, 5.74) is 2.46. The lowest BCUT2D eigenvalue weighted by molar-refractivity contribution is -0.157. The summed E-state index contributed by atoms with van der Waals surface area (Å²) in [7, 11) is 7.63. The van der Waals surface area contributed by atoms with Crippen molar-refractivity contribution in [2.75, 3.05) is 48.6 Å². The highest BCUT2D eigenvalue weighted by Crippen LogP contribution is 2.39. The van der Waals surface area contributed by atoms with Crippen molar-refractivity contribution in [2.45, 2.75) is 50.6 Å². The molecule has 2 amide bonds. The number of ketones is 1. The summed E-state index contributed by atoms with van der Waals surface area (Å²) < 4.78 is 27.1. The number of nitrogens with zero attached hydrogens (tertiary/aromatic N) is 2. The highest BCUT2D eigenvalue weighted by Gasteiger charge is 2.47. The average Bonchev–Trinajstić information content (AvgIpc) is 3.11. The lowest BCUT2D eigenvalue weighted by atomic mass is 9.87. The van der Waals surface area contributed by atoms with Crippen LogP contribution < -0.4 is 23.7 Å². The molecule has 3 aromatic carbocycles. The molecule has 2 saturated heterocycles. The third-order valence-electron chi connectivity index (χ3n) is 9.26. The number of Topliss-reactive ketones (excluding diaryl/α,β-unsaturated/α-hetero) is 1. The smallest absolute Gasteiger partial charge is 0.295 e. The number of piperazine rings is 1. The second-order valence-corrected chi connectivity index (χ2v) is 12.1. The van der Waals surface area contributed by atoms with Crippen LogP contribution in [0.2, 0.25) is 0 Å². The van der Waals surface area contributed by atoms with Crippen molar-refractivity contribution in [2.24, 2.45) is 5.92 Å².